The molecule has 0 aliphatic heterocycles. The average Bonchev–Trinajstić information content (AvgIpc) is 3.74. The summed E-state index contributed by atoms with van der Waals surface area (Å²) < 4.78 is 7.59. The SMILES string of the molecule is O=C(NC(Cc1cccc(-c2nn[nH]n2)c1)C(=O)O)c1ccc2c(c1)nc(-c1ccoc1)n2C1CCCCC1. The number of fused-ring (bicyclic) bond motifs is 1. The van der Waals surface area contributed by atoms with Crippen molar-refractivity contribution < 1.29 is 19.1 Å². The minimum atomic E-state index is -1.13. The lowest BCUT2D eigenvalue weighted by Crippen LogP contribution is -2.42. The zero-order valence-corrected chi connectivity index (χ0v) is 21.1. The number of imidazole rings is 1. The van der Waals surface area contributed by atoms with Gasteiger partial charge in [0.15, 0.2) is 0 Å². The van der Waals surface area contributed by atoms with E-state index >= 15 is 0 Å². The number of aromatic nitrogens is 6. The Morgan fingerprint density at radius 1 is 1.10 bits per heavy atom. The Bertz CT molecular complexity index is 1600. The fraction of sp³-hybridized carbons (Fsp3) is 0.286. The van der Waals surface area contributed by atoms with E-state index in [-0.39, 0.29) is 6.42 Å². The molecule has 1 saturated carbocycles. The predicted octanol–water partition coefficient (Wildman–Crippen LogP) is 4.41. The highest BCUT2D eigenvalue weighted by atomic mass is 16.4. The normalized spacial score (nSPS) is 14.9. The molecule has 1 atom stereocenters. The summed E-state index contributed by atoms with van der Waals surface area (Å²) in [7, 11) is 0. The summed E-state index contributed by atoms with van der Waals surface area (Å²) in [6.45, 7) is 0. The number of carbonyl (C=O) groups is 2. The first-order valence-corrected chi connectivity index (χ1v) is 13.0. The van der Waals surface area contributed by atoms with Crippen LogP contribution in [0.2, 0.25) is 0 Å². The molecule has 198 valence electrons. The topological polar surface area (TPSA) is 152 Å². The minimum absolute atomic E-state index is 0.0932. The maximum Gasteiger partial charge on any atom is 0.326 e. The van der Waals surface area contributed by atoms with Crippen molar-refractivity contribution in [2.24, 2.45) is 0 Å². The Labute approximate surface area is 223 Å². The second kappa shape index (κ2) is 10.5. The van der Waals surface area contributed by atoms with Crippen LogP contribution in [0.4, 0.5) is 0 Å². The Morgan fingerprint density at radius 2 is 1.97 bits per heavy atom. The van der Waals surface area contributed by atoms with E-state index in [0.717, 1.165) is 35.3 Å². The summed E-state index contributed by atoms with van der Waals surface area (Å²) in [4.78, 5) is 30.2. The molecule has 39 heavy (non-hydrogen) atoms. The van der Waals surface area contributed by atoms with Crippen LogP contribution in [-0.2, 0) is 11.2 Å². The first kappa shape index (κ1) is 24.5. The van der Waals surface area contributed by atoms with Gasteiger partial charge in [0.05, 0.1) is 22.9 Å². The molecule has 5 aromatic rings. The van der Waals surface area contributed by atoms with Crippen LogP contribution in [0.1, 0.15) is 54.1 Å². The van der Waals surface area contributed by atoms with E-state index in [9.17, 15) is 14.7 Å². The molecule has 0 spiro atoms. The van der Waals surface area contributed by atoms with Gasteiger partial charge in [-0.15, -0.1) is 10.2 Å². The van der Waals surface area contributed by atoms with E-state index < -0.39 is 17.9 Å². The van der Waals surface area contributed by atoms with Crippen LogP contribution in [-0.4, -0.2) is 53.2 Å². The second-order valence-electron chi connectivity index (χ2n) is 9.82. The molecule has 0 bridgehead atoms. The van der Waals surface area contributed by atoms with Crippen LogP contribution in [0.15, 0.2) is 65.5 Å². The van der Waals surface area contributed by atoms with Gasteiger partial charge in [0, 0.05) is 23.6 Å². The van der Waals surface area contributed by atoms with Crippen molar-refractivity contribution in [3.05, 3.63) is 72.2 Å². The second-order valence-corrected chi connectivity index (χ2v) is 9.82. The maximum absolute atomic E-state index is 13.2. The number of hydrogen-bond donors (Lipinski definition) is 3. The Hall–Kier alpha value is -4.80. The molecule has 2 aromatic carbocycles. The van der Waals surface area contributed by atoms with Gasteiger partial charge in [-0.05, 0) is 54.0 Å². The molecule has 3 aromatic heterocycles. The van der Waals surface area contributed by atoms with Crippen molar-refractivity contribution >= 4 is 22.9 Å². The van der Waals surface area contributed by atoms with E-state index in [1.165, 1.54) is 19.3 Å². The highest BCUT2D eigenvalue weighted by Crippen LogP contribution is 2.36. The van der Waals surface area contributed by atoms with Crippen LogP contribution in [0, 0.1) is 0 Å². The third-order valence-electron chi connectivity index (χ3n) is 7.24. The largest absolute Gasteiger partial charge is 0.480 e. The van der Waals surface area contributed by atoms with Crippen LogP contribution in [0.5, 0.6) is 0 Å². The van der Waals surface area contributed by atoms with Gasteiger partial charge in [-0.2, -0.15) is 5.21 Å². The fourth-order valence-electron chi connectivity index (χ4n) is 5.34. The number of carbonyl (C=O) groups excluding carboxylic acids is 1. The summed E-state index contributed by atoms with van der Waals surface area (Å²) in [5.74, 6) is -0.384. The zero-order chi connectivity index (χ0) is 26.8. The molecular formula is C28H27N7O4. The molecule has 3 N–H and O–H groups in total. The van der Waals surface area contributed by atoms with Crippen molar-refractivity contribution in [3.8, 4) is 22.8 Å². The predicted molar refractivity (Wildman–Crippen MR) is 142 cm³/mol. The zero-order valence-electron chi connectivity index (χ0n) is 21.1. The van der Waals surface area contributed by atoms with Crippen LogP contribution in [0.3, 0.4) is 0 Å². The number of rotatable bonds is 8. The summed E-state index contributed by atoms with van der Waals surface area (Å²) >= 11 is 0. The summed E-state index contributed by atoms with van der Waals surface area (Å²) in [5, 5.41) is 26.4. The van der Waals surface area contributed by atoms with Crippen LogP contribution < -0.4 is 5.32 Å². The van der Waals surface area contributed by atoms with Gasteiger partial charge in [0.25, 0.3) is 5.91 Å². The molecule has 1 amide bonds. The standard InChI is InChI=1S/C28H27N7O4/c36-27(30-23(28(37)38)14-17-5-4-6-18(13-17)25-31-33-34-32-25)19-9-10-24-22(15-19)29-26(20-11-12-39-16-20)35(24)21-7-2-1-3-8-21/h4-6,9-13,15-16,21,23H,1-3,7-8,14H2,(H,30,36)(H,37,38)(H,31,32,33,34). The number of aliphatic carboxylic acids is 1. The van der Waals surface area contributed by atoms with Gasteiger partial charge < -0.3 is 19.4 Å². The molecule has 11 nitrogen and oxygen atoms in total. The van der Waals surface area contributed by atoms with E-state index in [2.05, 4.69) is 30.5 Å². The number of nitrogens with zero attached hydrogens (tertiary/aromatic N) is 5. The van der Waals surface area contributed by atoms with Gasteiger partial charge in [-0.3, -0.25) is 4.79 Å². The smallest absolute Gasteiger partial charge is 0.326 e. The maximum atomic E-state index is 13.2. The molecule has 1 unspecified atom stereocenters. The number of benzene rings is 2. The number of nitrogens with one attached hydrogen (secondary N) is 2. The third-order valence-corrected chi connectivity index (χ3v) is 7.24. The molecule has 1 aliphatic rings. The molecule has 1 aliphatic carbocycles. The number of amides is 1. The number of furan rings is 1. The van der Waals surface area contributed by atoms with Crippen molar-refractivity contribution in [1.82, 2.24) is 35.5 Å². The number of carboxylic acids is 1. The quantitative estimate of drug-likeness (QED) is 0.269. The average molecular weight is 526 g/mol. The minimum Gasteiger partial charge on any atom is -0.480 e. The monoisotopic (exact) mass is 525 g/mol. The van der Waals surface area contributed by atoms with Crippen LogP contribution in [0.25, 0.3) is 33.8 Å². The van der Waals surface area contributed by atoms with E-state index in [4.69, 9.17) is 9.40 Å². The molecular weight excluding hydrogens is 498 g/mol. The third kappa shape index (κ3) is 5.02. The Morgan fingerprint density at radius 3 is 2.72 bits per heavy atom. The van der Waals surface area contributed by atoms with Crippen molar-refractivity contribution in [2.75, 3.05) is 0 Å². The van der Waals surface area contributed by atoms with E-state index in [0.29, 0.717) is 28.5 Å². The number of hydrogen-bond acceptors (Lipinski definition) is 7. The fourth-order valence-corrected chi connectivity index (χ4v) is 5.34. The first-order valence-electron chi connectivity index (χ1n) is 13.0. The Balaban J connectivity index is 1.26. The van der Waals surface area contributed by atoms with Gasteiger partial charge in [0.2, 0.25) is 5.82 Å². The Kier molecular flexibility index (Phi) is 6.62. The van der Waals surface area contributed by atoms with Crippen molar-refractivity contribution in [3.63, 3.8) is 0 Å². The number of aromatic amines is 1. The van der Waals surface area contributed by atoms with Crippen LogP contribution >= 0.6 is 0 Å². The van der Waals surface area contributed by atoms with E-state index in [1.54, 1.807) is 42.9 Å². The summed E-state index contributed by atoms with van der Waals surface area (Å²) in [5.41, 5.74) is 4.28. The highest BCUT2D eigenvalue weighted by Gasteiger charge is 2.25. The van der Waals surface area contributed by atoms with Crippen molar-refractivity contribution in [1.29, 1.82) is 0 Å². The lowest BCUT2D eigenvalue weighted by molar-refractivity contribution is -0.139. The molecule has 6 rings (SSSR count). The molecule has 11 heteroatoms. The van der Waals surface area contributed by atoms with Gasteiger partial charge in [-0.25, -0.2) is 9.78 Å². The number of tetrazole rings is 1. The van der Waals surface area contributed by atoms with Gasteiger partial charge >= 0.3 is 5.97 Å². The number of H-pyrrole nitrogens is 1. The summed E-state index contributed by atoms with van der Waals surface area (Å²) in [6, 6.07) is 13.6. The first-order chi connectivity index (χ1) is 19.1. The number of carboxylic acid groups (broad SMARTS) is 1. The highest BCUT2D eigenvalue weighted by molar-refractivity contribution is 5.99. The molecule has 1 fully saturated rings. The van der Waals surface area contributed by atoms with Gasteiger partial charge in [-0.1, -0.05) is 37.5 Å². The molecule has 3 heterocycles. The lowest BCUT2D eigenvalue weighted by atomic mass is 9.95. The lowest BCUT2D eigenvalue weighted by Gasteiger charge is -2.25. The van der Waals surface area contributed by atoms with Gasteiger partial charge in [0.1, 0.15) is 18.1 Å². The summed E-state index contributed by atoms with van der Waals surface area (Å²) in [6.07, 6.45) is 9.13. The van der Waals surface area contributed by atoms with E-state index in [1.807, 2.05) is 18.2 Å². The molecule has 0 saturated heterocycles. The van der Waals surface area contributed by atoms with Crippen molar-refractivity contribution in [2.45, 2.75) is 50.6 Å². The molecule has 0 radical (unpaired) electrons.